The molecule has 0 spiro atoms. The van der Waals surface area contributed by atoms with E-state index in [0.717, 1.165) is 25.5 Å². The first kappa shape index (κ1) is 12.5. The smallest absolute Gasteiger partial charge is 0.142 e. The van der Waals surface area contributed by atoms with E-state index in [1.807, 2.05) is 12.1 Å². The highest BCUT2D eigenvalue weighted by Gasteiger charge is 2.10. The molecule has 2 nitrogen and oxygen atoms in total. The summed E-state index contributed by atoms with van der Waals surface area (Å²) in [5.74, 6) is 0.360. The second-order valence-corrected chi connectivity index (χ2v) is 5.55. The van der Waals surface area contributed by atoms with Gasteiger partial charge in [-0.15, -0.1) is 0 Å². The molecular weight excluding hydrogens is 404 g/mol. The monoisotopic (exact) mass is 417 g/mol. The van der Waals surface area contributed by atoms with Crippen LogP contribution >= 0.6 is 45.2 Å². The van der Waals surface area contributed by atoms with Crippen LogP contribution in [-0.4, -0.2) is 5.11 Å². The molecule has 3 N–H and O–H groups in total. The molecule has 0 aliphatic heterocycles. The molecule has 0 saturated heterocycles. The Bertz CT molecular complexity index is 305. The molecule has 0 fully saturated rings. The van der Waals surface area contributed by atoms with E-state index < -0.39 is 0 Å². The van der Waals surface area contributed by atoms with Gasteiger partial charge >= 0.3 is 0 Å². The Labute approximate surface area is 112 Å². The molecule has 1 aromatic carbocycles. The Morgan fingerprint density at radius 2 is 1.86 bits per heavy atom. The van der Waals surface area contributed by atoms with Crippen molar-refractivity contribution in [1.82, 2.24) is 0 Å². The van der Waals surface area contributed by atoms with Crippen LogP contribution in [0.3, 0.4) is 0 Å². The minimum Gasteiger partial charge on any atom is -0.506 e. The average Bonchev–Trinajstić information content (AvgIpc) is 2.13. The van der Waals surface area contributed by atoms with Crippen molar-refractivity contribution in [3.8, 4) is 5.75 Å². The standard InChI is InChI=1S/C10H13I2NO/c1-2-3-9(13)6-4-7(11)10(14)8(12)5-6/h4-5,9,14H,2-3,13H2,1H3/t9-/m1/s1. The zero-order valence-electron chi connectivity index (χ0n) is 7.93. The van der Waals surface area contributed by atoms with Gasteiger partial charge in [-0.3, -0.25) is 0 Å². The number of phenols is 1. The van der Waals surface area contributed by atoms with Crippen LogP contribution in [0.25, 0.3) is 0 Å². The van der Waals surface area contributed by atoms with E-state index in [-0.39, 0.29) is 6.04 Å². The normalized spacial score (nSPS) is 12.9. The summed E-state index contributed by atoms with van der Waals surface area (Å²) < 4.78 is 1.74. The highest BCUT2D eigenvalue weighted by atomic mass is 127. The molecule has 14 heavy (non-hydrogen) atoms. The fourth-order valence-corrected chi connectivity index (χ4v) is 3.09. The topological polar surface area (TPSA) is 46.2 Å². The summed E-state index contributed by atoms with van der Waals surface area (Å²) in [6.07, 6.45) is 2.06. The molecule has 0 bridgehead atoms. The second-order valence-electron chi connectivity index (χ2n) is 3.23. The third-order valence-electron chi connectivity index (χ3n) is 2.07. The van der Waals surface area contributed by atoms with Crippen molar-refractivity contribution < 1.29 is 5.11 Å². The molecular formula is C10H13I2NO. The first-order chi connectivity index (χ1) is 6.56. The van der Waals surface area contributed by atoms with Gasteiger partial charge in [0, 0.05) is 6.04 Å². The van der Waals surface area contributed by atoms with Crippen LogP contribution in [0.4, 0.5) is 0 Å². The van der Waals surface area contributed by atoms with Crippen molar-refractivity contribution in [3.05, 3.63) is 24.8 Å². The fraction of sp³-hybridized carbons (Fsp3) is 0.400. The number of nitrogens with two attached hydrogens (primary N) is 1. The summed E-state index contributed by atoms with van der Waals surface area (Å²) in [5.41, 5.74) is 7.11. The van der Waals surface area contributed by atoms with Gasteiger partial charge in [0.15, 0.2) is 0 Å². The molecule has 0 unspecified atom stereocenters. The average molecular weight is 417 g/mol. The third-order valence-corrected chi connectivity index (χ3v) is 3.71. The lowest BCUT2D eigenvalue weighted by Gasteiger charge is -2.12. The molecule has 0 radical (unpaired) electrons. The summed E-state index contributed by atoms with van der Waals surface area (Å²) in [7, 11) is 0. The first-order valence-corrected chi connectivity index (χ1v) is 6.65. The Morgan fingerprint density at radius 1 is 1.36 bits per heavy atom. The summed E-state index contributed by atoms with van der Waals surface area (Å²) in [6, 6.07) is 4.00. The Morgan fingerprint density at radius 3 is 2.29 bits per heavy atom. The van der Waals surface area contributed by atoms with Gasteiger partial charge in [0.25, 0.3) is 0 Å². The molecule has 4 heteroatoms. The van der Waals surface area contributed by atoms with E-state index >= 15 is 0 Å². The van der Waals surface area contributed by atoms with E-state index in [2.05, 4.69) is 52.1 Å². The van der Waals surface area contributed by atoms with Crippen molar-refractivity contribution >= 4 is 45.2 Å². The van der Waals surface area contributed by atoms with Gasteiger partial charge in [-0.25, -0.2) is 0 Å². The number of rotatable bonds is 3. The molecule has 0 aromatic heterocycles. The van der Waals surface area contributed by atoms with E-state index in [9.17, 15) is 5.11 Å². The van der Waals surface area contributed by atoms with Crippen molar-refractivity contribution in [2.75, 3.05) is 0 Å². The van der Waals surface area contributed by atoms with Gasteiger partial charge in [-0.05, 0) is 69.3 Å². The summed E-state index contributed by atoms with van der Waals surface area (Å²) >= 11 is 4.25. The van der Waals surface area contributed by atoms with Crippen LogP contribution in [0.1, 0.15) is 31.4 Å². The lowest BCUT2D eigenvalue weighted by molar-refractivity contribution is 0.467. The highest BCUT2D eigenvalue weighted by molar-refractivity contribution is 14.1. The van der Waals surface area contributed by atoms with Crippen LogP contribution < -0.4 is 5.73 Å². The maximum Gasteiger partial charge on any atom is 0.142 e. The van der Waals surface area contributed by atoms with Crippen LogP contribution in [0.5, 0.6) is 5.75 Å². The second kappa shape index (κ2) is 5.50. The number of hydrogen-bond donors (Lipinski definition) is 2. The number of aromatic hydroxyl groups is 1. The van der Waals surface area contributed by atoms with Gasteiger partial charge in [0.05, 0.1) is 7.14 Å². The zero-order chi connectivity index (χ0) is 10.7. The molecule has 1 atom stereocenters. The molecule has 0 amide bonds. The summed E-state index contributed by atoms with van der Waals surface area (Å²) in [6.45, 7) is 2.12. The molecule has 1 aromatic rings. The van der Waals surface area contributed by atoms with Crippen molar-refractivity contribution in [2.45, 2.75) is 25.8 Å². The third kappa shape index (κ3) is 2.96. The minimum absolute atomic E-state index is 0.0858. The molecule has 0 aliphatic rings. The molecule has 1 rings (SSSR count). The van der Waals surface area contributed by atoms with E-state index in [1.165, 1.54) is 0 Å². The summed E-state index contributed by atoms with van der Waals surface area (Å²) in [5, 5.41) is 9.59. The van der Waals surface area contributed by atoms with Crippen LogP contribution in [-0.2, 0) is 0 Å². The number of benzene rings is 1. The SMILES string of the molecule is CCC[C@@H](N)c1cc(I)c(O)c(I)c1. The minimum atomic E-state index is 0.0858. The Balaban J connectivity index is 3.00. The maximum atomic E-state index is 9.59. The molecule has 0 heterocycles. The van der Waals surface area contributed by atoms with Gasteiger partial charge < -0.3 is 10.8 Å². The van der Waals surface area contributed by atoms with Gasteiger partial charge in [0.2, 0.25) is 0 Å². The fourth-order valence-electron chi connectivity index (χ4n) is 1.28. The van der Waals surface area contributed by atoms with Crippen molar-refractivity contribution in [3.63, 3.8) is 0 Å². The van der Waals surface area contributed by atoms with Crippen molar-refractivity contribution in [2.24, 2.45) is 5.73 Å². The zero-order valence-corrected chi connectivity index (χ0v) is 12.2. The van der Waals surface area contributed by atoms with Crippen molar-refractivity contribution in [1.29, 1.82) is 0 Å². The van der Waals surface area contributed by atoms with E-state index in [0.29, 0.717) is 5.75 Å². The van der Waals surface area contributed by atoms with Gasteiger partial charge in [0.1, 0.15) is 5.75 Å². The molecule has 0 aliphatic carbocycles. The van der Waals surface area contributed by atoms with Crippen LogP contribution in [0, 0.1) is 7.14 Å². The highest BCUT2D eigenvalue weighted by Crippen LogP contribution is 2.30. The number of halogens is 2. The van der Waals surface area contributed by atoms with Crippen LogP contribution in [0.2, 0.25) is 0 Å². The lowest BCUT2D eigenvalue weighted by atomic mass is 10.0. The largest absolute Gasteiger partial charge is 0.506 e. The van der Waals surface area contributed by atoms with E-state index in [1.54, 1.807) is 0 Å². The van der Waals surface area contributed by atoms with E-state index in [4.69, 9.17) is 5.73 Å². The quantitative estimate of drug-likeness (QED) is 0.742. The first-order valence-electron chi connectivity index (χ1n) is 4.49. The Kier molecular flexibility index (Phi) is 4.92. The predicted octanol–water partition coefficient (Wildman–Crippen LogP) is 3.40. The number of phenolic OH excluding ortho intramolecular Hbond substituents is 1. The molecule has 0 saturated carbocycles. The Hall–Kier alpha value is 0.440. The predicted molar refractivity (Wildman–Crippen MR) is 75.4 cm³/mol. The number of hydrogen-bond acceptors (Lipinski definition) is 2. The summed E-state index contributed by atoms with van der Waals surface area (Å²) in [4.78, 5) is 0. The molecule has 78 valence electrons. The van der Waals surface area contributed by atoms with Crippen LogP contribution in [0.15, 0.2) is 12.1 Å². The lowest BCUT2D eigenvalue weighted by Crippen LogP contribution is -2.10. The van der Waals surface area contributed by atoms with Gasteiger partial charge in [-0.2, -0.15) is 0 Å². The van der Waals surface area contributed by atoms with Gasteiger partial charge in [-0.1, -0.05) is 13.3 Å². The maximum absolute atomic E-state index is 9.59.